The number of hydrogen-bond donors (Lipinski definition) is 1. The van der Waals surface area contributed by atoms with Crippen molar-refractivity contribution < 1.29 is 9.53 Å². The number of rotatable bonds is 6. The first-order chi connectivity index (χ1) is 9.19. The maximum Gasteiger partial charge on any atom is 0.225 e. The van der Waals surface area contributed by atoms with Gasteiger partial charge in [-0.25, -0.2) is 0 Å². The molecule has 19 heavy (non-hydrogen) atoms. The Morgan fingerprint density at radius 3 is 2.53 bits per heavy atom. The van der Waals surface area contributed by atoms with Crippen molar-refractivity contribution in [3.05, 3.63) is 0 Å². The molecular weight excluding hydrogens is 240 g/mol. The lowest BCUT2D eigenvalue weighted by Gasteiger charge is -2.42. The summed E-state index contributed by atoms with van der Waals surface area (Å²) in [6.45, 7) is 2.96. The second-order valence-corrected chi connectivity index (χ2v) is 6.13. The fourth-order valence-corrected chi connectivity index (χ4v) is 3.23. The lowest BCUT2D eigenvalue weighted by atomic mass is 9.77. The predicted molar refractivity (Wildman–Crippen MR) is 76.1 cm³/mol. The van der Waals surface area contributed by atoms with Gasteiger partial charge < -0.3 is 15.0 Å². The summed E-state index contributed by atoms with van der Waals surface area (Å²) in [4.78, 5) is 14.4. The van der Waals surface area contributed by atoms with E-state index in [9.17, 15) is 4.79 Å². The maximum atomic E-state index is 12.3. The van der Waals surface area contributed by atoms with Crippen molar-refractivity contribution in [3.63, 3.8) is 0 Å². The van der Waals surface area contributed by atoms with E-state index in [-0.39, 0.29) is 5.60 Å². The molecule has 2 aliphatic rings. The van der Waals surface area contributed by atoms with E-state index in [1.165, 1.54) is 12.8 Å². The van der Waals surface area contributed by atoms with E-state index in [1.807, 2.05) is 7.05 Å². The van der Waals surface area contributed by atoms with Gasteiger partial charge in [-0.2, -0.15) is 0 Å². The summed E-state index contributed by atoms with van der Waals surface area (Å²) < 4.78 is 5.55. The van der Waals surface area contributed by atoms with Crippen LogP contribution in [0.15, 0.2) is 0 Å². The highest BCUT2D eigenvalue weighted by molar-refractivity contribution is 5.77. The van der Waals surface area contributed by atoms with Crippen molar-refractivity contribution in [1.82, 2.24) is 10.2 Å². The zero-order valence-electron chi connectivity index (χ0n) is 12.4. The molecule has 2 rings (SSSR count). The number of piperidine rings is 1. The molecule has 0 aromatic rings. The summed E-state index contributed by atoms with van der Waals surface area (Å²) >= 11 is 0. The SMILES string of the molecule is CNCCC1CCN(C(=O)CC2(OC)CCC2)CC1. The topological polar surface area (TPSA) is 41.6 Å². The minimum atomic E-state index is -0.125. The largest absolute Gasteiger partial charge is 0.378 e. The van der Waals surface area contributed by atoms with Gasteiger partial charge in [-0.15, -0.1) is 0 Å². The van der Waals surface area contributed by atoms with Crippen LogP contribution in [0, 0.1) is 5.92 Å². The molecule has 1 aliphatic heterocycles. The molecule has 1 aliphatic carbocycles. The number of nitrogens with zero attached hydrogens (tertiary/aromatic N) is 1. The number of carbonyl (C=O) groups is 1. The zero-order chi connectivity index (χ0) is 13.7. The average Bonchev–Trinajstić information content (AvgIpc) is 2.41. The number of hydrogen-bond acceptors (Lipinski definition) is 3. The Morgan fingerprint density at radius 1 is 1.37 bits per heavy atom. The van der Waals surface area contributed by atoms with E-state index in [0.29, 0.717) is 12.3 Å². The molecule has 1 saturated heterocycles. The number of ether oxygens (including phenoxy) is 1. The van der Waals surface area contributed by atoms with Gasteiger partial charge in [0, 0.05) is 20.2 Å². The van der Waals surface area contributed by atoms with Gasteiger partial charge in [0.15, 0.2) is 0 Å². The Labute approximate surface area is 116 Å². The first kappa shape index (κ1) is 14.8. The second kappa shape index (κ2) is 6.71. The van der Waals surface area contributed by atoms with Crippen LogP contribution in [0.1, 0.15) is 44.9 Å². The minimum absolute atomic E-state index is 0.125. The third-order valence-corrected chi connectivity index (χ3v) is 4.94. The second-order valence-electron chi connectivity index (χ2n) is 6.13. The van der Waals surface area contributed by atoms with Crippen molar-refractivity contribution in [2.24, 2.45) is 5.92 Å². The van der Waals surface area contributed by atoms with E-state index in [4.69, 9.17) is 4.74 Å². The highest BCUT2D eigenvalue weighted by atomic mass is 16.5. The van der Waals surface area contributed by atoms with Crippen LogP contribution in [0.4, 0.5) is 0 Å². The van der Waals surface area contributed by atoms with Crippen molar-refractivity contribution in [2.75, 3.05) is 33.8 Å². The summed E-state index contributed by atoms with van der Waals surface area (Å²) in [6.07, 6.45) is 7.45. The van der Waals surface area contributed by atoms with Crippen LogP contribution in [0.25, 0.3) is 0 Å². The van der Waals surface area contributed by atoms with Gasteiger partial charge in [-0.1, -0.05) is 0 Å². The number of amides is 1. The van der Waals surface area contributed by atoms with Gasteiger partial charge in [-0.3, -0.25) is 4.79 Å². The summed E-state index contributed by atoms with van der Waals surface area (Å²) in [5, 5.41) is 3.21. The van der Waals surface area contributed by atoms with Gasteiger partial charge in [-0.05, 0) is 58.0 Å². The molecule has 1 amide bonds. The predicted octanol–water partition coefficient (Wildman–Crippen LogP) is 1.79. The molecule has 1 heterocycles. The smallest absolute Gasteiger partial charge is 0.225 e. The summed E-state index contributed by atoms with van der Waals surface area (Å²) in [5.74, 6) is 1.09. The molecule has 0 unspecified atom stereocenters. The van der Waals surface area contributed by atoms with Crippen molar-refractivity contribution in [1.29, 1.82) is 0 Å². The quantitative estimate of drug-likeness (QED) is 0.798. The Bertz CT molecular complexity index is 289. The molecule has 0 spiro atoms. The molecular formula is C15H28N2O2. The Morgan fingerprint density at radius 2 is 2.05 bits per heavy atom. The lowest BCUT2D eigenvalue weighted by Crippen LogP contribution is -2.47. The molecule has 0 aromatic carbocycles. The van der Waals surface area contributed by atoms with Gasteiger partial charge in [0.05, 0.1) is 12.0 Å². The van der Waals surface area contributed by atoms with Crippen molar-refractivity contribution in [2.45, 2.75) is 50.5 Å². The minimum Gasteiger partial charge on any atom is -0.378 e. The third-order valence-electron chi connectivity index (χ3n) is 4.94. The number of nitrogens with one attached hydrogen (secondary N) is 1. The number of likely N-dealkylation sites (tertiary alicyclic amines) is 1. The molecule has 2 fully saturated rings. The van der Waals surface area contributed by atoms with E-state index in [0.717, 1.165) is 51.2 Å². The number of carbonyl (C=O) groups excluding carboxylic acids is 1. The maximum absolute atomic E-state index is 12.3. The summed E-state index contributed by atoms with van der Waals surface area (Å²) in [5.41, 5.74) is -0.125. The van der Waals surface area contributed by atoms with Gasteiger partial charge in [0.2, 0.25) is 5.91 Å². The lowest BCUT2D eigenvalue weighted by molar-refractivity contribution is -0.145. The van der Waals surface area contributed by atoms with Crippen LogP contribution in [0.5, 0.6) is 0 Å². The molecule has 0 atom stereocenters. The molecule has 110 valence electrons. The molecule has 0 radical (unpaired) electrons. The zero-order valence-corrected chi connectivity index (χ0v) is 12.4. The summed E-state index contributed by atoms with van der Waals surface area (Å²) in [7, 11) is 3.75. The fraction of sp³-hybridized carbons (Fsp3) is 0.933. The van der Waals surface area contributed by atoms with Gasteiger partial charge in [0.25, 0.3) is 0 Å². The van der Waals surface area contributed by atoms with Crippen LogP contribution in [-0.2, 0) is 9.53 Å². The average molecular weight is 268 g/mol. The van der Waals surface area contributed by atoms with E-state index in [1.54, 1.807) is 7.11 Å². The van der Waals surface area contributed by atoms with Crippen LogP contribution >= 0.6 is 0 Å². The van der Waals surface area contributed by atoms with Gasteiger partial charge >= 0.3 is 0 Å². The van der Waals surface area contributed by atoms with Crippen molar-refractivity contribution >= 4 is 5.91 Å². The molecule has 4 nitrogen and oxygen atoms in total. The molecule has 1 N–H and O–H groups in total. The normalized spacial score (nSPS) is 23.2. The Balaban J connectivity index is 1.73. The van der Waals surface area contributed by atoms with E-state index < -0.39 is 0 Å². The van der Waals surface area contributed by atoms with Crippen molar-refractivity contribution in [3.8, 4) is 0 Å². The Kier molecular flexibility index (Phi) is 5.22. The first-order valence-electron chi connectivity index (χ1n) is 7.67. The standard InChI is InChI=1S/C15H28N2O2/c1-16-9-4-13-5-10-17(11-6-13)14(18)12-15(19-2)7-3-8-15/h13,16H,3-12H2,1-2H3. The van der Waals surface area contributed by atoms with E-state index >= 15 is 0 Å². The van der Waals surface area contributed by atoms with E-state index in [2.05, 4.69) is 10.2 Å². The summed E-state index contributed by atoms with van der Waals surface area (Å²) in [6, 6.07) is 0. The molecule has 4 heteroatoms. The Hall–Kier alpha value is -0.610. The first-order valence-corrected chi connectivity index (χ1v) is 7.67. The highest BCUT2D eigenvalue weighted by Gasteiger charge is 2.40. The third kappa shape index (κ3) is 3.69. The monoisotopic (exact) mass is 268 g/mol. The molecule has 0 bridgehead atoms. The highest BCUT2D eigenvalue weighted by Crippen LogP contribution is 2.38. The fourth-order valence-electron chi connectivity index (χ4n) is 3.23. The molecule has 0 aromatic heterocycles. The number of methoxy groups -OCH3 is 1. The van der Waals surface area contributed by atoms with Crippen LogP contribution in [-0.4, -0.2) is 50.2 Å². The van der Waals surface area contributed by atoms with Crippen LogP contribution in [0.3, 0.4) is 0 Å². The van der Waals surface area contributed by atoms with Crippen LogP contribution in [0.2, 0.25) is 0 Å². The van der Waals surface area contributed by atoms with Crippen LogP contribution < -0.4 is 5.32 Å². The molecule has 1 saturated carbocycles. The van der Waals surface area contributed by atoms with Gasteiger partial charge in [0.1, 0.15) is 0 Å².